The van der Waals surface area contributed by atoms with Crippen molar-refractivity contribution in [1.82, 2.24) is 35.1 Å². The molecule has 1 aromatic heterocycles. The second-order valence-electron chi connectivity index (χ2n) is 14.1. The van der Waals surface area contributed by atoms with Gasteiger partial charge in [0, 0.05) is 56.1 Å². The molecule has 1 aromatic carbocycles. The van der Waals surface area contributed by atoms with Gasteiger partial charge in [0.2, 0.25) is 11.8 Å². The Morgan fingerprint density at radius 1 is 1.02 bits per heavy atom. The zero-order chi connectivity index (χ0) is 32.8. The van der Waals surface area contributed by atoms with Crippen LogP contribution >= 0.6 is 37.2 Å². The molecule has 1 saturated carbocycles. The molecule has 5 rings (SSSR count). The van der Waals surface area contributed by atoms with Gasteiger partial charge in [0.1, 0.15) is 11.6 Å². The van der Waals surface area contributed by atoms with E-state index < -0.39 is 5.54 Å². The predicted octanol–water partition coefficient (Wildman–Crippen LogP) is 5.48. The highest BCUT2D eigenvalue weighted by molar-refractivity contribution is 6.00. The second-order valence-corrected chi connectivity index (χ2v) is 14.1. The predicted molar refractivity (Wildman–Crippen MR) is 203 cm³/mol. The summed E-state index contributed by atoms with van der Waals surface area (Å²) < 4.78 is 1.95. The number of benzene rings is 1. The number of likely N-dealkylation sites (N-methyl/N-ethyl adjacent to an activating group) is 1. The highest BCUT2D eigenvalue weighted by atomic mass is 35.5. The van der Waals surface area contributed by atoms with Crippen LogP contribution in [-0.4, -0.2) is 101 Å². The molecule has 3 amide bonds. The average Bonchev–Trinajstić information content (AvgIpc) is 3.33. The molecule has 10 nitrogen and oxygen atoms in total. The number of nitrogens with one attached hydrogen (secondary N) is 2. The standard InChI is InChI=1S/C36H55N7O3.3ClH/c1-6-7-20-42-34(45)32(24-28-11-9-8-10-12-28)38-35(46)36(42)17-21-41(22-18-36)25-31-26(2)39-43(27(31)3)30-15-13-29(14-16-30)33(44)37-19-23-40(4)5;;;/h13-16,28,32H,6-12,17-25H2,1-5H3,(H,37,44)(H,38,46);3*1H/t32-;;;/m0.../s1. The maximum Gasteiger partial charge on any atom is 0.251 e. The first-order valence-corrected chi connectivity index (χ1v) is 17.6. The normalized spacial score (nSPS) is 19.6. The number of amides is 3. The number of aryl methyl sites for hydroxylation is 1. The van der Waals surface area contributed by atoms with Crippen LogP contribution in [0.4, 0.5) is 0 Å². The van der Waals surface area contributed by atoms with Crippen LogP contribution in [0.1, 0.15) is 98.4 Å². The molecule has 3 heterocycles. The van der Waals surface area contributed by atoms with Crippen molar-refractivity contribution in [1.29, 1.82) is 0 Å². The number of aromatic nitrogens is 2. The Morgan fingerprint density at radius 2 is 1.67 bits per heavy atom. The Balaban J connectivity index is 0.00000278. The largest absolute Gasteiger partial charge is 0.351 e. The van der Waals surface area contributed by atoms with Gasteiger partial charge in [-0.15, -0.1) is 37.2 Å². The Bertz CT molecular complexity index is 1370. The number of halogens is 3. The fraction of sp³-hybridized carbons (Fsp3) is 0.667. The molecule has 276 valence electrons. The summed E-state index contributed by atoms with van der Waals surface area (Å²) in [5, 5.41) is 11.0. The number of piperazine rings is 1. The summed E-state index contributed by atoms with van der Waals surface area (Å²) in [5.74, 6) is 0.650. The Kier molecular flexibility index (Phi) is 16.9. The zero-order valence-electron chi connectivity index (χ0n) is 30.0. The zero-order valence-corrected chi connectivity index (χ0v) is 32.4. The van der Waals surface area contributed by atoms with Gasteiger partial charge in [-0.3, -0.25) is 19.3 Å². The molecular formula is C36H58Cl3N7O3. The molecule has 0 bridgehead atoms. The highest BCUT2D eigenvalue weighted by Gasteiger charge is 2.53. The van der Waals surface area contributed by atoms with Gasteiger partial charge in [0.25, 0.3) is 5.91 Å². The van der Waals surface area contributed by atoms with Gasteiger partial charge < -0.3 is 20.4 Å². The van der Waals surface area contributed by atoms with Crippen LogP contribution in [0.2, 0.25) is 0 Å². The van der Waals surface area contributed by atoms with Gasteiger partial charge in [0.15, 0.2) is 0 Å². The summed E-state index contributed by atoms with van der Waals surface area (Å²) >= 11 is 0. The fourth-order valence-electron chi connectivity index (χ4n) is 7.64. The number of rotatable bonds is 12. The number of carbonyl (C=O) groups excluding carboxylic acids is 3. The van der Waals surface area contributed by atoms with E-state index in [1.807, 2.05) is 59.8 Å². The molecule has 2 N–H and O–H groups in total. The topological polar surface area (TPSA) is 103 Å². The summed E-state index contributed by atoms with van der Waals surface area (Å²) in [6, 6.07) is 7.21. The third-order valence-corrected chi connectivity index (χ3v) is 10.6. The van der Waals surface area contributed by atoms with Crippen LogP contribution in [0.5, 0.6) is 0 Å². The van der Waals surface area contributed by atoms with Crippen LogP contribution in [0, 0.1) is 19.8 Å². The lowest BCUT2D eigenvalue weighted by molar-refractivity contribution is -0.162. The first kappa shape index (κ1) is 42.8. The Morgan fingerprint density at radius 3 is 2.29 bits per heavy atom. The van der Waals surface area contributed by atoms with Crippen molar-refractivity contribution in [2.75, 3.05) is 46.8 Å². The molecule has 2 aromatic rings. The van der Waals surface area contributed by atoms with E-state index in [1.165, 1.54) is 37.7 Å². The van der Waals surface area contributed by atoms with Crippen molar-refractivity contribution in [2.24, 2.45) is 5.92 Å². The van der Waals surface area contributed by atoms with Gasteiger partial charge in [-0.25, -0.2) is 4.68 Å². The molecule has 13 heteroatoms. The van der Waals surface area contributed by atoms with Gasteiger partial charge in [-0.05, 0) is 83.8 Å². The second kappa shape index (κ2) is 19.3. The first-order valence-electron chi connectivity index (χ1n) is 17.6. The number of nitrogens with zero attached hydrogens (tertiary/aromatic N) is 5. The van der Waals surface area contributed by atoms with Crippen molar-refractivity contribution in [3.63, 3.8) is 0 Å². The van der Waals surface area contributed by atoms with Crippen molar-refractivity contribution in [3.8, 4) is 5.69 Å². The summed E-state index contributed by atoms with van der Waals surface area (Å²) in [6.07, 6.45) is 10.1. The van der Waals surface area contributed by atoms with Crippen LogP contribution in [-0.2, 0) is 16.1 Å². The summed E-state index contributed by atoms with van der Waals surface area (Å²) in [7, 11) is 3.97. The summed E-state index contributed by atoms with van der Waals surface area (Å²) in [5.41, 5.74) is 4.03. The first-order chi connectivity index (χ1) is 22.1. The molecule has 2 aliphatic heterocycles. The van der Waals surface area contributed by atoms with E-state index in [0.717, 1.165) is 62.5 Å². The van der Waals surface area contributed by atoms with E-state index in [0.29, 0.717) is 37.4 Å². The molecule has 2 saturated heterocycles. The fourth-order valence-corrected chi connectivity index (χ4v) is 7.64. The number of piperidine rings is 1. The molecule has 49 heavy (non-hydrogen) atoms. The smallest absolute Gasteiger partial charge is 0.251 e. The third kappa shape index (κ3) is 9.91. The van der Waals surface area contributed by atoms with E-state index in [4.69, 9.17) is 5.10 Å². The quantitative estimate of drug-likeness (QED) is 0.299. The molecule has 0 radical (unpaired) electrons. The molecule has 0 unspecified atom stereocenters. The SMILES string of the molecule is CCCCN1C(=O)[C@H](CC2CCCCC2)NC(=O)C12CCN(Cc1c(C)nn(-c3ccc(C(=O)NCCN(C)C)cc3)c1C)CC2.Cl.Cl.Cl. The molecule has 1 spiro atoms. The molecule has 3 fully saturated rings. The number of carbonyl (C=O) groups is 3. The number of unbranched alkanes of at least 4 members (excludes halogenated alkanes) is 1. The number of likely N-dealkylation sites (tertiary alicyclic amines) is 1. The van der Waals surface area contributed by atoms with E-state index in [1.54, 1.807) is 0 Å². The third-order valence-electron chi connectivity index (χ3n) is 10.6. The van der Waals surface area contributed by atoms with E-state index in [-0.39, 0.29) is 61.0 Å². The summed E-state index contributed by atoms with van der Waals surface area (Å²) in [4.78, 5) is 46.7. The van der Waals surface area contributed by atoms with Crippen LogP contribution in [0.3, 0.4) is 0 Å². The molecular weight excluding hydrogens is 685 g/mol. The maximum absolute atomic E-state index is 13.9. The van der Waals surface area contributed by atoms with Crippen molar-refractivity contribution >= 4 is 54.9 Å². The minimum atomic E-state index is -0.749. The number of hydrogen-bond donors (Lipinski definition) is 2. The van der Waals surface area contributed by atoms with Gasteiger partial charge >= 0.3 is 0 Å². The Labute approximate surface area is 311 Å². The Hall–Kier alpha value is -2.37. The average molecular weight is 743 g/mol. The van der Waals surface area contributed by atoms with Crippen LogP contribution < -0.4 is 10.6 Å². The van der Waals surface area contributed by atoms with Crippen molar-refractivity contribution < 1.29 is 14.4 Å². The molecule has 3 aliphatic rings. The molecule has 1 aliphatic carbocycles. The van der Waals surface area contributed by atoms with E-state index in [2.05, 4.69) is 29.4 Å². The van der Waals surface area contributed by atoms with Gasteiger partial charge in [-0.1, -0.05) is 45.4 Å². The lowest BCUT2D eigenvalue weighted by Crippen LogP contribution is -2.73. The van der Waals surface area contributed by atoms with Gasteiger partial charge in [-0.2, -0.15) is 5.10 Å². The van der Waals surface area contributed by atoms with Crippen molar-refractivity contribution in [3.05, 3.63) is 46.8 Å². The van der Waals surface area contributed by atoms with Crippen LogP contribution in [0.25, 0.3) is 5.69 Å². The lowest BCUT2D eigenvalue weighted by atomic mass is 9.79. The lowest BCUT2D eigenvalue weighted by Gasteiger charge is -2.52. The number of hydrogen-bond acceptors (Lipinski definition) is 6. The monoisotopic (exact) mass is 741 g/mol. The summed E-state index contributed by atoms with van der Waals surface area (Å²) in [6.45, 7) is 10.6. The maximum atomic E-state index is 13.9. The van der Waals surface area contributed by atoms with Gasteiger partial charge in [0.05, 0.1) is 11.4 Å². The van der Waals surface area contributed by atoms with Crippen LogP contribution in [0.15, 0.2) is 24.3 Å². The molecule has 1 atom stereocenters. The minimum absolute atomic E-state index is 0. The van der Waals surface area contributed by atoms with E-state index >= 15 is 0 Å². The van der Waals surface area contributed by atoms with Crippen molar-refractivity contribution in [2.45, 2.75) is 103 Å². The minimum Gasteiger partial charge on any atom is -0.351 e. The highest BCUT2D eigenvalue weighted by Crippen LogP contribution is 2.36. The van der Waals surface area contributed by atoms with E-state index in [9.17, 15) is 14.4 Å².